The fraction of sp³-hybridized carbons (Fsp3) is 0.533. The molecule has 1 aromatic rings. The van der Waals surface area contributed by atoms with E-state index in [2.05, 4.69) is 13.8 Å². The van der Waals surface area contributed by atoms with Gasteiger partial charge in [-0.05, 0) is 31.0 Å². The number of hydrogen-bond donors (Lipinski definition) is 2. The molecule has 3 N–H and O–H groups in total. The van der Waals surface area contributed by atoms with Crippen molar-refractivity contribution in [1.29, 1.82) is 0 Å². The highest BCUT2D eigenvalue weighted by Crippen LogP contribution is 2.27. The normalized spacial score (nSPS) is 10.7. The SMILES string of the molecule is CCC(CC)N(CCN)C(=O)c1ccc(OC)c(O)c1. The van der Waals surface area contributed by atoms with Gasteiger partial charge in [-0.2, -0.15) is 0 Å². The molecule has 0 spiro atoms. The van der Waals surface area contributed by atoms with Gasteiger partial charge in [-0.3, -0.25) is 4.79 Å². The second-order valence-corrected chi connectivity index (χ2v) is 4.64. The van der Waals surface area contributed by atoms with Gasteiger partial charge >= 0.3 is 0 Å². The molecule has 5 nitrogen and oxygen atoms in total. The van der Waals surface area contributed by atoms with Gasteiger partial charge in [0, 0.05) is 24.7 Å². The molecular weight excluding hydrogens is 256 g/mol. The molecule has 0 aliphatic carbocycles. The van der Waals surface area contributed by atoms with E-state index in [-0.39, 0.29) is 17.7 Å². The lowest BCUT2D eigenvalue weighted by molar-refractivity contribution is 0.0674. The Bertz CT molecular complexity index is 445. The highest BCUT2D eigenvalue weighted by atomic mass is 16.5. The third kappa shape index (κ3) is 3.63. The molecule has 0 radical (unpaired) electrons. The Hall–Kier alpha value is -1.75. The predicted molar refractivity (Wildman–Crippen MR) is 79.1 cm³/mol. The van der Waals surface area contributed by atoms with Crippen molar-refractivity contribution in [3.8, 4) is 11.5 Å². The Kier molecular flexibility index (Phi) is 6.31. The largest absolute Gasteiger partial charge is 0.504 e. The van der Waals surface area contributed by atoms with E-state index in [0.717, 1.165) is 12.8 Å². The van der Waals surface area contributed by atoms with Gasteiger partial charge < -0.3 is 20.5 Å². The molecule has 1 aromatic carbocycles. The fourth-order valence-electron chi connectivity index (χ4n) is 2.31. The first-order chi connectivity index (χ1) is 9.58. The summed E-state index contributed by atoms with van der Waals surface area (Å²) in [6, 6.07) is 4.85. The maximum atomic E-state index is 12.6. The van der Waals surface area contributed by atoms with Gasteiger partial charge in [0.1, 0.15) is 0 Å². The summed E-state index contributed by atoms with van der Waals surface area (Å²) in [7, 11) is 1.47. The number of nitrogens with two attached hydrogens (primary N) is 1. The molecule has 0 aliphatic rings. The van der Waals surface area contributed by atoms with E-state index in [0.29, 0.717) is 24.4 Å². The molecule has 0 fully saturated rings. The summed E-state index contributed by atoms with van der Waals surface area (Å²) in [6.07, 6.45) is 1.76. The summed E-state index contributed by atoms with van der Waals surface area (Å²) in [5.41, 5.74) is 6.05. The Balaban J connectivity index is 3.02. The van der Waals surface area contributed by atoms with Crippen molar-refractivity contribution < 1.29 is 14.6 Å². The Morgan fingerprint density at radius 3 is 2.50 bits per heavy atom. The van der Waals surface area contributed by atoms with Crippen LogP contribution in [-0.4, -0.2) is 42.2 Å². The minimum absolute atomic E-state index is 0.0319. The lowest BCUT2D eigenvalue weighted by Gasteiger charge is -2.30. The van der Waals surface area contributed by atoms with Gasteiger partial charge in [0.15, 0.2) is 11.5 Å². The third-order valence-electron chi connectivity index (χ3n) is 3.44. The van der Waals surface area contributed by atoms with Crippen LogP contribution in [-0.2, 0) is 0 Å². The van der Waals surface area contributed by atoms with Crippen LogP contribution in [0.5, 0.6) is 11.5 Å². The zero-order valence-electron chi connectivity index (χ0n) is 12.4. The maximum absolute atomic E-state index is 12.6. The number of ether oxygens (including phenoxy) is 1. The highest BCUT2D eigenvalue weighted by Gasteiger charge is 2.22. The third-order valence-corrected chi connectivity index (χ3v) is 3.44. The molecule has 1 amide bonds. The van der Waals surface area contributed by atoms with E-state index in [4.69, 9.17) is 10.5 Å². The monoisotopic (exact) mass is 280 g/mol. The molecule has 0 saturated heterocycles. The van der Waals surface area contributed by atoms with Crippen LogP contribution in [0.2, 0.25) is 0 Å². The van der Waals surface area contributed by atoms with E-state index in [1.54, 1.807) is 17.0 Å². The van der Waals surface area contributed by atoms with E-state index < -0.39 is 0 Å². The minimum Gasteiger partial charge on any atom is -0.504 e. The zero-order chi connectivity index (χ0) is 15.1. The van der Waals surface area contributed by atoms with Crippen molar-refractivity contribution >= 4 is 5.91 Å². The Labute approximate surface area is 120 Å². The summed E-state index contributed by atoms with van der Waals surface area (Å²) in [5.74, 6) is 0.215. The number of phenols is 1. The molecule has 0 aromatic heterocycles. The quantitative estimate of drug-likeness (QED) is 0.801. The number of aromatic hydroxyl groups is 1. The van der Waals surface area contributed by atoms with Crippen molar-refractivity contribution in [3.63, 3.8) is 0 Å². The average molecular weight is 280 g/mol. The highest BCUT2D eigenvalue weighted by molar-refractivity contribution is 5.95. The summed E-state index contributed by atoms with van der Waals surface area (Å²) >= 11 is 0. The number of hydrogen-bond acceptors (Lipinski definition) is 4. The fourth-order valence-corrected chi connectivity index (χ4v) is 2.31. The number of amides is 1. The summed E-state index contributed by atoms with van der Waals surface area (Å²) in [5, 5.41) is 9.78. The van der Waals surface area contributed by atoms with Crippen molar-refractivity contribution in [1.82, 2.24) is 4.90 Å². The number of methoxy groups -OCH3 is 1. The molecule has 1 rings (SSSR count). The lowest BCUT2D eigenvalue weighted by Crippen LogP contribution is -2.42. The van der Waals surface area contributed by atoms with Crippen molar-refractivity contribution in [2.75, 3.05) is 20.2 Å². The lowest BCUT2D eigenvalue weighted by atomic mass is 10.1. The number of rotatable bonds is 7. The van der Waals surface area contributed by atoms with Gasteiger partial charge in [0.05, 0.1) is 7.11 Å². The second-order valence-electron chi connectivity index (χ2n) is 4.64. The zero-order valence-corrected chi connectivity index (χ0v) is 12.4. The average Bonchev–Trinajstić information content (AvgIpc) is 2.46. The van der Waals surface area contributed by atoms with Gasteiger partial charge in [-0.15, -0.1) is 0 Å². The molecule has 112 valence electrons. The van der Waals surface area contributed by atoms with Crippen molar-refractivity contribution in [3.05, 3.63) is 23.8 Å². The second kappa shape index (κ2) is 7.75. The smallest absolute Gasteiger partial charge is 0.254 e. The van der Waals surface area contributed by atoms with Crippen molar-refractivity contribution in [2.45, 2.75) is 32.7 Å². The van der Waals surface area contributed by atoms with Crippen LogP contribution in [0.1, 0.15) is 37.0 Å². The molecule has 0 bridgehead atoms. The van der Waals surface area contributed by atoms with E-state index in [1.807, 2.05) is 0 Å². The molecule has 0 atom stereocenters. The number of carbonyl (C=O) groups excluding carboxylic acids is 1. The van der Waals surface area contributed by atoms with E-state index >= 15 is 0 Å². The number of phenolic OH excluding ortho intramolecular Hbond substituents is 1. The van der Waals surface area contributed by atoms with Crippen LogP contribution in [0.4, 0.5) is 0 Å². The first-order valence-corrected chi connectivity index (χ1v) is 6.97. The van der Waals surface area contributed by atoms with Crippen LogP contribution in [0, 0.1) is 0 Å². The maximum Gasteiger partial charge on any atom is 0.254 e. The molecule has 0 heterocycles. The van der Waals surface area contributed by atoms with Crippen LogP contribution < -0.4 is 10.5 Å². The minimum atomic E-state index is -0.109. The predicted octanol–water partition coefficient (Wildman–Crippen LogP) is 1.99. The topological polar surface area (TPSA) is 75.8 Å². The Morgan fingerprint density at radius 2 is 2.05 bits per heavy atom. The molecule has 0 saturated carbocycles. The molecule has 0 aliphatic heterocycles. The molecule has 5 heteroatoms. The molecule has 20 heavy (non-hydrogen) atoms. The molecule has 0 unspecified atom stereocenters. The van der Waals surface area contributed by atoms with Crippen LogP contribution >= 0.6 is 0 Å². The summed E-state index contributed by atoms with van der Waals surface area (Å²) < 4.78 is 4.98. The van der Waals surface area contributed by atoms with Crippen LogP contribution in [0.25, 0.3) is 0 Å². The van der Waals surface area contributed by atoms with E-state index in [1.165, 1.54) is 13.2 Å². The summed E-state index contributed by atoms with van der Waals surface area (Å²) in [4.78, 5) is 14.3. The van der Waals surface area contributed by atoms with Gasteiger partial charge in [-0.25, -0.2) is 0 Å². The number of nitrogens with zero attached hydrogens (tertiary/aromatic N) is 1. The van der Waals surface area contributed by atoms with Gasteiger partial charge in [0.2, 0.25) is 0 Å². The summed E-state index contributed by atoms with van der Waals surface area (Å²) in [6.45, 7) is 5.04. The standard InChI is InChI=1S/C15H24N2O3/c1-4-12(5-2)17(9-8-16)15(19)11-6-7-14(20-3)13(18)10-11/h6-7,10,12,18H,4-5,8-9,16H2,1-3H3. The number of benzene rings is 1. The first kappa shape index (κ1) is 16.3. The van der Waals surface area contributed by atoms with Crippen LogP contribution in [0.3, 0.4) is 0 Å². The molecular formula is C15H24N2O3. The van der Waals surface area contributed by atoms with Crippen LogP contribution in [0.15, 0.2) is 18.2 Å². The Morgan fingerprint density at radius 1 is 1.40 bits per heavy atom. The first-order valence-electron chi connectivity index (χ1n) is 6.97. The number of carbonyl (C=O) groups is 1. The van der Waals surface area contributed by atoms with E-state index in [9.17, 15) is 9.90 Å². The van der Waals surface area contributed by atoms with Gasteiger partial charge in [0.25, 0.3) is 5.91 Å². The van der Waals surface area contributed by atoms with Crippen molar-refractivity contribution in [2.24, 2.45) is 5.73 Å². The van der Waals surface area contributed by atoms with Gasteiger partial charge in [-0.1, -0.05) is 13.8 Å².